The average molecular weight is 221 g/mol. The van der Waals surface area contributed by atoms with E-state index in [4.69, 9.17) is 9.47 Å². The minimum atomic E-state index is 0.158. The summed E-state index contributed by atoms with van der Waals surface area (Å²) in [5, 5.41) is 3.08. The maximum absolute atomic E-state index is 10.7. The zero-order valence-electron chi connectivity index (χ0n) is 9.29. The second kappa shape index (κ2) is 4.99. The minimum Gasteiger partial charge on any atom is -0.454 e. The van der Waals surface area contributed by atoms with Crippen molar-refractivity contribution >= 4 is 5.78 Å². The number of nitrogens with one attached hydrogen (secondary N) is 1. The number of Topliss-reactive ketones (excluding diaryl/α,β-unsaturated/α-hetero) is 1. The number of ketones is 1. The maximum atomic E-state index is 10.7. The van der Waals surface area contributed by atoms with Crippen LogP contribution in [-0.2, 0) is 11.2 Å². The van der Waals surface area contributed by atoms with E-state index in [0.717, 1.165) is 24.5 Å². The molecule has 2 rings (SSSR count). The number of hydrogen-bond acceptors (Lipinski definition) is 4. The highest BCUT2D eigenvalue weighted by Crippen LogP contribution is 2.32. The van der Waals surface area contributed by atoms with E-state index in [0.29, 0.717) is 13.3 Å². The third-order valence-electron chi connectivity index (χ3n) is 2.40. The molecular formula is C12H15NO3. The molecular weight excluding hydrogens is 206 g/mol. The lowest BCUT2D eigenvalue weighted by molar-refractivity contribution is -0.116. The molecule has 0 fully saturated rings. The van der Waals surface area contributed by atoms with Crippen LogP contribution in [0.4, 0.5) is 0 Å². The molecule has 1 aromatic rings. The van der Waals surface area contributed by atoms with Gasteiger partial charge in [0, 0.05) is 0 Å². The zero-order chi connectivity index (χ0) is 11.4. The van der Waals surface area contributed by atoms with Gasteiger partial charge in [-0.05, 0) is 37.6 Å². The van der Waals surface area contributed by atoms with Gasteiger partial charge in [0.05, 0.1) is 6.54 Å². The van der Waals surface area contributed by atoms with E-state index in [9.17, 15) is 4.79 Å². The Labute approximate surface area is 94.6 Å². The highest BCUT2D eigenvalue weighted by molar-refractivity contribution is 5.77. The first-order valence-electron chi connectivity index (χ1n) is 5.34. The van der Waals surface area contributed by atoms with Crippen LogP contribution >= 0.6 is 0 Å². The van der Waals surface area contributed by atoms with Gasteiger partial charge >= 0.3 is 0 Å². The number of carbonyl (C=O) groups is 1. The number of rotatable bonds is 5. The van der Waals surface area contributed by atoms with Crippen LogP contribution in [0.25, 0.3) is 0 Å². The predicted octanol–water partition coefficient (Wildman–Crippen LogP) is 1.14. The van der Waals surface area contributed by atoms with Gasteiger partial charge in [-0.1, -0.05) is 6.07 Å². The summed E-state index contributed by atoms with van der Waals surface area (Å²) in [5.41, 5.74) is 1.18. The van der Waals surface area contributed by atoms with Gasteiger partial charge in [0.25, 0.3) is 0 Å². The van der Waals surface area contributed by atoms with Crippen LogP contribution in [0.3, 0.4) is 0 Å². The van der Waals surface area contributed by atoms with Crippen LogP contribution in [0.1, 0.15) is 12.5 Å². The maximum Gasteiger partial charge on any atom is 0.231 e. The molecule has 1 aliphatic rings. The Morgan fingerprint density at radius 3 is 3.00 bits per heavy atom. The van der Waals surface area contributed by atoms with Crippen molar-refractivity contribution in [2.75, 3.05) is 19.9 Å². The lowest BCUT2D eigenvalue weighted by atomic mass is 10.1. The lowest BCUT2D eigenvalue weighted by Gasteiger charge is -2.04. The van der Waals surface area contributed by atoms with E-state index in [-0.39, 0.29) is 5.78 Å². The van der Waals surface area contributed by atoms with Crippen LogP contribution in [0.15, 0.2) is 18.2 Å². The molecule has 0 saturated heterocycles. The number of fused-ring (bicyclic) bond motifs is 1. The fourth-order valence-corrected chi connectivity index (χ4v) is 1.59. The molecule has 0 radical (unpaired) electrons. The van der Waals surface area contributed by atoms with E-state index in [1.54, 1.807) is 6.92 Å². The van der Waals surface area contributed by atoms with Crippen molar-refractivity contribution < 1.29 is 14.3 Å². The molecule has 0 aliphatic carbocycles. The van der Waals surface area contributed by atoms with E-state index >= 15 is 0 Å². The normalized spacial score (nSPS) is 12.8. The first-order valence-corrected chi connectivity index (χ1v) is 5.34. The molecule has 0 aromatic heterocycles. The van der Waals surface area contributed by atoms with E-state index in [1.165, 1.54) is 5.56 Å². The second-order valence-electron chi connectivity index (χ2n) is 3.82. The van der Waals surface area contributed by atoms with E-state index in [1.807, 2.05) is 18.2 Å². The van der Waals surface area contributed by atoms with Crippen molar-refractivity contribution in [3.63, 3.8) is 0 Å². The van der Waals surface area contributed by atoms with Gasteiger partial charge in [0.15, 0.2) is 11.5 Å². The Hall–Kier alpha value is -1.55. The Kier molecular flexibility index (Phi) is 3.41. The minimum absolute atomic E-state index is 0.158. The highest BCUT2D eigenvalue weighted by atomic mass is 16.7. The van der Waals surface area contributed by atoms with Crippen molar-refractivity contribution in [2.24, 2.45) is 0 Å². The Bertz CT molecular complexity index is 390. The molecule has 0 unspecified atom stereocenters. The van der Waals surface area contributed by atoms with Crippen LogP contribution in [0, 0.1) is 0 Å². The molecule has 0 atom stereocenters. The molecule has 0 spiro atoms. The van der Waals surface area contributed by atoms with Gasteiger partial charge in [0.1, 0.15) is 5.78 Å². The molecule has 1 aliphatic heterocycles. The molecule has 86 valence electrons. The van der Waals surface area contributed by atoms with Gasteiger partial charge in [-0.2, -0.15) is 0 Å². The third kappa shape index (κ3) is 2.73. The van der Waals surface area contributed by atoms with Crippen LogP contribution < -0.4 is 14.8 Å². The van der Waals surface area contributed by atoms with Crippen LogP contribution in [-0.4, -0.2) is 25.7 Å². The monoisotopic (exact) mass is 221 g/mol. The topological polar surface area (TPSA) is 47.6 Å². The summed E-state index contributed by atoms with van der Waals surface area (Å²) in [7, 11) is 0. The number of carbonyl (C=O) groups excluding carboxylic acids is 1. The van der Waals surface area contributed by atoms with Crippen molar-refractivity contribution in [1.29, 1.82) is 0 Å². The fraction of sp³-hybridized carbons (Fsp3) is 0.417. The molecule has 16 heavy (non-hydrogen) atoms. The summed E-state index contributed by atoms with van der Waals surface area (Å²) in [6, 6.07) is 5.92. The molecule has 1 aromatic carbocycles. The van der Waals surface area contributed by atoms with Crippen molar-refractivity contribution in [1.82, 2.24) is 5.32 Å². The quantitative estimate of drug-likeness (QED) is 0.757. The predicted molar refractivity (Wildman–Crippen MR) is 59.8 cm³/mol. The van der Waals surface area contributed by atoms with E-state index in [2.05, 4.69) is 5.32 Å². The van der Waals surface area contributed by atoms with Crippen LogP contribution in [0.2, 0.25) is 0 Å². The standard InChI is InChI=1S/C12H15NO3/c1-9(14)7-13-5-4-10-2-3-11-12(6-10)16-8-15-11/h2-3,6,13H,4-5,7-8H2,1H3. The van der Waals surface area contributed by atoms with Crippen LogP contribution in [0.5, 0.6) is 11.5 Å². The Morgan fingerprint density at radius 1 is 1.38 bits per heavy atom. The third-order valence-corrected chi connectivity index (χ3v) is 2.40. The molecule has 4 heteroatoms. The molecule has 0 bridgehead atoms. The molecule has 0 saturated carbocycles. The summed E-state index contributed by atoms with van der Waals surface area (Å²) in [6.45, 7) is 3.11. The van der Waals surface area contributed by atoms with Gasteiger partial charge < -0.3 is 14.8 Å². The van der Waals surface area contributed by atoms with Gasteiger partial charge in [-0.3, -0.25) is 4.79 Å². The Balaban J connectivity index is 1.83. The highest BCUT2D eigenvalue weighted by Gasteiger charge is 2.12. The zero-order valence-corrected chi connectivity index (χ0v) is 9.29. The first kappa shape index (κ1) is 11.0. The number of hydrogen-bond donors (Lipinski definition) is 1. The second-order valence-corrected chi connectivity index (χ2v) is 3.82. The largest absolute Gasteiger partial charge is 0.454 e. The summed E-state index contributed by atoms with van der Waals surface area (Å²) < 4.78 is 10.5. The molecule has 4 nitrogen and oxygen atoms in total. The average Bonchev–Trinajstić information content (AvgIpc) is 2.71. The SMILES string of the molecule is CC(=O)CNCCc1ccc2c(c1)OCO2. The summed E-state index contributed by atoms with van der Waals surface area (Å²) in [6.07, 6.45) is 0.879. The smallest absolute Gasteiger partial charge is 0.231 e. The summed E-state index contributed by atoms with van der Waals surface area (Å²) in [4.78, 5) is 10.7. The van der Waals surface area contributed by atoms with Gasteiger partial charge in [-0.25, -0.2) is 0 Å². The number of benzene rings is 1. The summed E-state index contributed by atoms with van der Waals surface area (Å²) >= 11 is 0. The first-order chi connectivity index (χ1) is 7.75. The summed E-state index contributed by atoms with van der Waals surface area (Å²) in [5.74, 6) is 1.77. The molecule has 1 heterocycles. The fourth-order valence-electron chi connectivity index (χ4n) is 1.59. The van der Waals surface area contributed by atoms with E-state index < -0.39 is 0 Å². The lowest BCUT2D eigenvalue weighted by Crippen LogP contribution is -2.23. The Morgan fingerprint density at radius 2 is 2.19 bits per heavy atom. The van der Waals surface area contributed by atoms with Crippen molar-refractivity contribution in [3.8, 4) is 11.5 Å². The number of ether oxygens (including phenoxy) is 2. The molecule has 0 amide bonds. The van der Waals surface area contributed by atoms with Crippen molar-refractivity contribution in [2.45, 2.75) is 13.3 Å². The van der Waals surface area contributed by atoms with Crippen molar-refractivity contribution in [3.05, 3.63) is 23.8 Å². The van der Waals surface area contributed by atoms with Gasteiger partial charge in [-0.15, -0.1) is 0 Å². The molecule has 1 N–H and O–H groups in total. The van der Waals surface area contributed by atoms with Gasteiger partial charge in [0.2, 0.25) is 6.79 Å².